The van der Waals surface area contributed by atoms with Crippen molar-refractivity contribution in [1.82, 2.24) is 4.72 Å². The first-order chi connectivity index (χ1) is 8.31. The molecule has 0 aromatic heterocycles. The van der Waals surface area contributed by atoms with Gasteiger partial charge in [-0.1, -0.05) is 6.07 Å². The van der Waals surface area contributed by atoms with Crippen LogP contribution < -0.4 is 15.2 Å². The van der Waals surface area contributed by atoms with Gasteiger partial charge in [0.1, 0.15) is 10.6 Å². The third kappa shape index (κ3) is 3.22. The molecule has 3 N–H and O–H groups in total. The molecule has 0 aliphatic heterocycles. The molecule has 18 heavy (non-hydrogen) atoms. The van der Waals surface area contributed by atoms with Crippen molar-refractivity contribution in [1.29, 1.82) is 0 Å². The molecule has 0 aliphatic carbocycles. The van der Waals surface area contributed by atoms with Crippen molar-refractivity contribution in [3.63, 3.8) is 0 Å². The van der Waals surface area contributed by atoms with Crippen LogP contribution in [0.5, 0.6) is 5.75 Å². The predicted molar refractivity (Wildman–Crippen MR) is 71.3 cm³/mol. The quantitative estimate of drug-likeness (QED) is 0.835. The maximum Gasteiger partial charge on any atom is 0.244 e. The Kier molecular flexibility index (Phi) is 4.72. The summed E-state index contributed by atoms with van der Waals surface area (Å²) in [6, 6.07) is 3.15. The molecule has 0 heterocycles. The minimum atomic E-state index is -3.61. The normalized spacial score (nSPS) is 13.4. The van der Waals surface area contributed by atoms with E-state index < -0.39 is 10.0 Å². The first kappa shape index (κ1) is 14.9. The van der Waals surface area contributed by atoms with Crippen LogP contribution in [0.3, 0.4) is 0 Å². The lowest BCUT2D eigenvalue weighted by molar-refractivity contribution is 0.398. The molecular formula is C12H20N2O3S. The van der Waals surface area contributed by atoms with E-state index in [9.17, 15) is 8.42 Å². The van der Waals surface area contributed by atoms with Crippen LogP contribution in [-0.4, -0.2) is 28.1 Å². The van der Waals surface area contributed by atoms with Crippen molar-refractivity contribution in [3.8, 4) is 5.75 Å². The number of nitrogens with one attached hydrogen (secondary N) is 1. The lowest BCUT2D eigenvalue weighted by Crippen LogP contribution is -2.37. The second-order valence-corrected chi connectivity index (χ2v) is 6.05. The van der Waals surface area contributed by atoms with Crippen molar-refractivity contribution < 1.29 is 13.2 Å². The van der Waals surface area contributed by atoms with Crippen LogP contribution in [-0.2, 0) is 10.0 Å². The fourth-order valence-electron chi connectivity index (χ4n) is 1.75. The highest BCUT2D eigenvalue weighted by atomic mass is 32.2. The molecule has 102 valence electrons. The van der Waals surface area contributed by atoms with Crippen molar-refractivity contribution in [2.45, 2.75) is 31.7 Å². The summed E-state index contributed by atoms with van der Waals surface area (Å²) >= 11 is 0. The average Bonchev–Trinajstić information content (AvgIpc) is 2.27. The second-order valence-electron chi connectivity index (χ2n) is 4.37. The van der Waals surface area contributed by atoms with Gasteiger partial charge in [0, 0.05) is 12.6 Å². The number of nitrogens with two attached hydrogens (primary N) is 1. The molecule has 0 amide bonds. The largest absolute Gasteiger partial charge is 0.495 e. The minimum absolute atomic E-state index is 0.155. The van der Waals surface area contributed by atoms with E-state index in [4.69, 9.17) is 10.5 Å². The number of aryl methyl sites for hydroxylation is 2. The van der Waals surface area contributed by atoms with Crippen LogP contribution >= 0.6 is 0 Å². The van der Waals surface area contributed by atoms with E-state index in [0.29, 0.717) is 5.75 Å². The average molecular weight is 272 g/mol. The van der Waals surface area contributed by atoms with Gasteiger partial charge in [0.15, 0.2) is 0 Å². The van der Waals surface area contributed by atoms with Crippen LogP contribution in [0, 0.1) is 13.8 Å². The molecule has 0 radical (unpaired) electrons. The fourth-order valence-corrected chi connectivity index (χ4v) is 3.34. The molecule has 0 unspecified atom stereocenters. The maximum atomic E-state index is 12.2. The van der Waals surface area contributed by atoms with E-state index in [1.165, 1.54) is 7.11 Å². The number of hydrogen-bond donors (Lipinski definition) is 2. The Balaban J connectivity index is 3.31. The zero-order chi connectivity index (χ0) is 13.9. The van der Waals surface area contributed by atoms with Crippen molar-refractivity contribution in [2.75, 3.05) is 13.7 Å². The molecule has 6 heteroatoms. The van der Waals surface area contributed by atoms with Gasteiger partial charge in [0.25, 0.3) is 0 Å². The lowest BCUT2D eigenvalue weighted by Gasteiger charge is -2.16. The highest BCUT2D eigenvalue weighted by Crippen LogP contribution is 2.29. The Labute approximate surface area is 108 Å². The van der Waals surface area contributed by atoms with Crippen molar-refractivity contribution in [3.05, 3.63) is 23.3 Å². The van der Waals surface area contributed by atoms with E-state index in [1.807, 2.05) is 19.9 Å². The third-order valence-electron chi connectivity index (χ3n) is 2.59. The van der Waals surface area contributed by atoms with Gasteiger partial charge in [-0.3, -0.25) is 0 Å². The fraction of sp³-hybridized carbons (Fsp3) is 0.500. The van der Waals surface area contributed by atoms with Crippen molar-refractivity contribution in [2.24, 2.45) is 5.73 Å². The Bertz CT molecular complexity index is 526. The van der Waals surface area contributed by atoms with E-state index in [-0.39, 0.29) is 17.5 Å². The Hall–Kier alpha value is -1.11. The Morgan fingerprint density at radius 1 is 1.39 bits per heavy atom. The zero-order valence-electron chi connectivity index (χ0n) is 11.1. The first-order valence-corrected chi connectivity index (χ1v) is 7.17. The molecule has 0 bridgehead atoms. The highest BCUT2D eigenvalue weighted by molar-refractivity contribution is 7.89. The zero-order valence-corrected chi connectivity index (χ0v) is 12.0. The summed E-state index contributed by atoms with van der Waals surface area (Å²) in [7, 11) is -2.15. The Morgan fingerprint density at radius 3 is 2.50 bits per heavy atom. The van der Waals surface area contributed by atoms with E-state index >= 15 is 0 Å². The van der Waals surface area contributed by atoms with Gasteiger partial charge in [-0.25, -0.2) is 13.1 Å². The second kappa shape index (κ2) is 5.69. The SMILES string of the molecule is COc1c(C)cc(C)cc1S(=O)(=O)N[C@@H](C)CN. The molecule has 1 aromatic carbocycles. The summed E-state index contributed by atoms with van der Waals surface area (Å²) in [5.41, 5.74) is 7.09. The topological polar surface area (TPSA) is 81.4 Å². The summed E-state index contributed by atoms with van der Waals surface area (Å²) < 4.78 is 32.2. The van der Waals surface area contributed by atoms with Gasteiger partial charge in [0.05, 0.1) is 7.11 Å². The first-order valence-electron chi connectivity index (χ1n) is 5.69. The van der Waals surface area contributed by atoms with Gasteiger partial charge in [-0.2, -0.15) is 0 Å². The molecule has 0 saturated heterocycles. The number of rotatable bonds is 5. The number of ether oxygens (including phenoxy) is 1. The van der Waals surface area contributed by atoms with Gasteiger partial charge in [-0.15, -0.1) is 0 Å². The van der Waals surface area contributed by atoms with E-state index in [2.05, 4.69) is 4.72 Å². The highest BCUT2D eigenvalue weighted by Gasteiger charge is 2.22. The molecule has 1 atom stereocenters. The Morgan fingerprint density at radius 2 is 2.00 bits per heavy atom. The summed E-state index contributed by atoms with van der Waals surface area (Å²) in [5, 5.41) is 0. The molecule has 0 saturated carbocycles. The molecular weight excluding hydrogens is 252 g/mol. The van der Waals surface area contributed by atoms with Crippen molar-refractivity contribution >= 4 is 10.0 Å². The monoisotopic (exact) mass is 272 g/mol. The summed E-state index contributed by atoms with van der Waals surface area (Å²) in [6.45, 7) is 5.62. The summed E-state index contributed by atoms with van der Waals surface area (Å²) in [5.74, 6) is 0.373. The third-order valence-corrected chi connectivity index (χ3v) is 4.18. The number of hydrogen-bond acceptors (Lipinski definition) is 4. The smallest absolute Gasteiger partial charge is 0.244 e. The molecule has 0 spiro atoms. The van der Waals surface area contributed by atoms with Crippen LogP contribution in [0.4, 0.5) is 0 Å². The van der Waals surface area contributed by atoms with Crippen LogP contribution in [0.1, 0.15) is 18.1 Å². The molecule has 0 aliphatic rings. The predicted octanol–water partition coefficient (Wildman–Crippen LogP) is 0.938. The lowest BCUT2D eigenvalue weighted by atomic mass is 10.1. The van der Waals surface area contributed by atoms with Gasteiger partial charge in [-0.05, 0) is 38.0 Å². The van der Waals surface area contributed by atoms with E-state index in [0.717, 1.165) is 11.1 Å². The number of benzene rings is 1. The van der Waals surface area contributed by atoms with E-state index in [1.54, 1.807) is 13.0 Å². The maximum absolute atomic E-state index is 12.2. The molecule has 0 fully saturated rings. The van der Waals surface area contributed by atoms with Gasteiger partial charge < -0.3 is 10.5 Å². The minimum Gasteiger partial charge on any atom is -0.495 e. The molecule has 5 nitrogen and oxygen atoms in total. The molecule has 1 rings (SSSR count). The summed E-state index contributed by atoms with van der Waals surface area (Å²) in [6.07, 6.45) is 0. The standard InChI is InChI=1S/C12H20N2O3S/c1-8-5-9(2)12(17-4)11(6-8)18(15,16)14-10(3)7-13/h5-6,10,14H,7,13H2,1-4H3/t10-/m0/s1. The van der Waals surface area contributed by atoms with Gasteiger partial charge in [0.2, 0.25) is 10.0 Å². The number of sulfonamides is 1. The summed E-state index contributed by atoms with van der Waals surface area (Å²) in [4.78, 5) is 0.155. The van der Waals surface area contributed by atoms with Crippen LogP contribution in [0.2, 0.25) is 0 Å². The van der Waals surface area contributed by atoms with Crippen LogP contribution in [0.25, 0.3) is 0 Å². The number of methoxy groups -OCH3 is 1. The van der Waals surface area contributed by atoms with Gasteiger partial charge >= 0.3 is 0 Å². The van der Waals surface area contributed by atoms with Crippen LogP contribution in [0.15, 0.2) is 17.0 Å². The molecule has 1 aromatic rings.